The molecule has 0 aliphatic heterocycles. The van der Waals surface area contributed by atoms with Crippen molar-refractivity contribution < 1.29 is 35.9 Å². The Labute approximate surface area is 207 Å². The number of carbonyl (C=O) groups excluding carboxylic acids is 1. The number of sulfonamides is 1. The zero-order valence-electron chi connectivity index (χ0n) is 19.6. The second-order valence-electron chi connectivity index (χ2n) is 7.76. The predicted octanol–water partition coefficient (Wildman–Crippen LogP) is 4.49. The fraction of sp³-hybridized carbons (Fsp3) is 0.240. The molecule has 3 rings (SSSR count). The van der Waals surface area contributed by atoms with Crippen molar-refractivity contribution in [2.24, 2.45) is 0 Å². The Morgan fingerprint density at radius 1 is 0.972 bits per heavy atom. The van der Waals surface area contributed by atoms with Crippen LogP contribution in [0.1, 0.15) is 21.5 Å². The van der Waals surface area contributed by atoms with Crippen LogP contribution in [-0.2, 0) is 22.7 Å². The third kappa shape index (κ3) is 7.14. The number of benzene rings is 3. The first-order valence-corrected chi connectivity index (χ1v) is 12.6. The average molecular weight is 523 g/mol. The highest BCUT2D eigenvalue weighted by Gasteiger charge is 2.36. The molecule has 0 aliphatic rings. The van der Waals surface area contributed by atoms with Gasteiger partial charge in [0.1, 0.15) is 18.1 Å². The number of halogens is 3. The Balaban J connectivity index is 1.64. The Kier molecular flexibility index (Phi) is 8.46. The molecule has 0 spiro atoms. The summed E-state index contributed by atoms with van der Waals surface area (Å²) in [5.74, 6) is 0.863. The average Bonchev–Trinajstić information content (AvgIpc) is 2.84. The van der Waals surface area contributed by atoms with Crippen LogP contribution in [0, 0.1) is 0 Å². The van der Waals surface area contributed by atoms with Gasteiger partial charge in [-0.1, -0.05) is 30.3 Å². The van der Waals surface area contributed by atoms with Crippen molar-refractivity contribution in [1.82, 2.24) is 5.32 Å². The fourth-order valence-electron chi connectivity index (χ4n) is 3.37. The number of nitrogens with zero attached hydrogens (tertiary/aromatic N) is 1. The minimum Gasteiger partial charge on any atom is -0.497 e. The molecule has 11 heteroatoms. The molecule has 0 heterocycles. The summed E-state index contributed by atoms with van der Waals surface area (Å²) < 4.78 is 76.4. The van der Waals surface area contributed by atoms with E-state index >= 15 is 0 Å². The van der Waals surface area contributed by atoms with Crippen molar-refractivity contribution in [2.75, 3.05) is 30.8 Å². The standard InChI is InChI=1S/C25H25F3N2O5S/c1-34-20-6-5-7-21(16-20)35-15-14-29-24(31)19-12-10-18(11-13-19)17-30(36(2,32)33)23-9-4-3-8-22(23)25(26,27)28/h3-13,16H,14-15,17H2,1-2H3,(H,29,31). The van der Waals surface area contributed by atoms with Gasteiger partial charge in [0.15, 0.2) is 0 Å². The van der Waals surface area contributed by atoms with Crippen molar-refractivity contribution in [1.29, 1.82) is 0 Å². The van der Waals surface area contributed by atoms with Gasteiger partial charge in [-0.3, -0.25) is 9.10 Å². The van der Waals surface area contributed by atoms with Crippen molar-refractivity contribution in [3.8, 4) is 11.5 Å². The maximum absolute atomic E-state index is 13.5. The van der Waals surface area contributed by atoms with Gasteiger partial charge in [-0.05, 0) is 42.0 Å². The molecule has 0 bridgehead atoms. The van der Waals surface area contributed by atoms with E-state index < -0.39 is 27.5 Å². The lowest BCUT2D eigenvalue weighted by molar-refractivity contribution is -0.137. The van der Waals surface area contributed by atoms with Gasteiger partial charge in [0.25, 0.3) is 5.91 Å². The number of hydrogen-bond acceptors (Lipinski definition) is 5. The number of hydrogen-bond donors (Lipinski definition) is 1. The van der Waals surface area contributed by atoms with Crippen LogP contribution in [0.25, 0.3) is 0 Å². The van der Waals surface area contributed by atoms with E-state index in [-0.39, 0.29) is 25.6 Å². The second-order valence-corrected chi connectivity index (χ2v) is 9.67. The summed E-state index contributed by atoms with van der Waals surface area (Å²) in [6, 6.07) is 17.5. The van der Waals surface area contributed by atoms with E-state index in [0.29, 0.717) is 26.9 Å². The molecule has 0 aliphatic carbocycles. The maximum Gasteiger partial charge on any atom is 0.418 e. The molecule has 0 aromatic heterocycles. The van der Waals surface area contributed by atoms with Crippen molar-refractivity contribution >= 4 is 21.6 Å². The van der Waals surface area contributed by atoms with Gasteiger partial charge in [0, 0.05) is 11.6 Å². The van der Waals surface area contributed by atoms with Crippen LogP contribution >= 0.6 is 0 Å². The highest BCUT2D eigenvalue weighted by atomic mass is 32.2. The zero-order valence-corrected chi connectivity index (χ0v) is 20.4. The molecule has 1 amide bonds. The number of alkyl halides is 3. The molecule has 0 unspecified atom stereocenters. The molecule has 3 aromatic rings. The fourth-order valence-corrected chi connectivity index (χ4v) is 4.27. The predicted molar refractivity (Wildman–Crippen MR) is 130 cm³/mol. The summed E-state index contributed by atoms with van der Waals surface area (Å²) in [4.78, 5) is 12.4. The number of methoxy groups -OCH3 is 1. The maximum atomic E-state index is 13.5. The van der Waals surface area contributed by atoms with E-state index in [4.69, 9.17) is 9.47 Å². The van der Waals surface area contributed by atoms with Crippen molar-refractivity contribution in [2.45, 2.75) is 12.7 Å². The number of nitrogens with one attached hydrogen (secondary N) is 1. The van der Waals surface area contributed by atoms with Gasteiger partial charge in [-0.25, -0.2) is 8.42 Å². The van der Waals surface area contributed by atoms with Gasteiger partial charge >= 0.3 is 6.18 Å². The van der Waals surface area contributed by atoms with Crippen molar-refractivity contribution in [3.63, 3.8) is 0 Å². The van der Waals surface area contributed by atoms with Gasteiger partial charge in [0.2, 0.25) is 10.0 Å². The smallest absolute Gasteiger partial charge is 0.418 e. The Morgan fingerprint density at radius 2 is 1.64 bits per heavy atom. The number of amides is 1. The third-order valence-electron chi connectivity index (χ3n) is 5.12. The van der Waals surface area contributed by atoms with Crippen LogP contribution in [-0.4, -0.2) is 40.8 Å². The molecule has 0 atom stereocenters. The van der Waals surface area contributed by atoms with Crippen LogP contribution in [0.3, 0.4) is 0 Å². The van der Waals surface area contributed by atoms with E-state index in [1.165, 1.54) is 36.4 Å². The van der Waals surface area contributed by atoms with E-state index in [9.17, 15) is 26.4 Å². The Morgan fingerprint density at radius 3 is 2.28 bits per heavy atom. The lowest BCUT2D eigenvalue weighted by atomic mass is 10.1. The lowest BCUT2D eigenvalue weighted by Gasteiger charge is -2.25. The normalized spacial score (nSPS) is 11.6. The summed E-state index contributed by atoms with van der Waals surface area (Å²) in [6.45, 7) is 0.120. The molecule has 192 valence electrons. The number of rotatable bonds is 10. The van der Waals surface area contributed by atoms with Crippen LogP contribution < -0.4 is 19.1 Å². The van der Waals surface area contributed by atoms with Crippen LogP contribution in [0.5, 0.6) is 11.5 Å². The van der Waals surface area contributed by atoms with Gasteiger partial charge in [-0.15, -0.1) is 0 Å². The molecular formula is C25H25F3N2O5S. The molecule has 0 fully saturated rings. The quantitative estimate of drug-likeness (QED) is 0.397. The summed E-state index contributed by atoms with van der Waals surface area (Å²) >= 11 is 0. The first kappa shape index (κ1) is 26.9. The van der Waals surface area contributed by atoms with Crippen LogP contribution in [0.15, 0.2) is 72.8 Å². The largest absolute Gasteiger partial charge is 0.497 e. The van der Waals surface area contributed by atoms with E-state index in [0.717, 1.165) is 18.4 Å². The highest BCUT2D eigenvalue weighted by molar-refractivity contribution is 7.92. The van der Waals surface area contributed by atoms with Crippen LogP contribution in [0.4, 0.5) is 18.9 Å². The van der Waals surface area contributed by atoms with Crippen LogP contribution in [0.2, 0.25) is 0 Å². The molecule has 7 nitrogen and oxygen atoms in total. The number of anilines is 1. The number of carbonyl (C=O) groups is 1. The molecule has 36 heavy (non-hydrogen) atoms. The summed E-state index contributed by atoms with van der Waals surface area (Å²) in [5.41, 5.74) is -0.801. The molecular weight excluding hydrogens is 497 g/mol. The summed E-state index contributed by atoms with van der Waals surface area (Å²) in [6.07, 6.45) is -3.88. The van der Waals surface area contributed by atoms with Gasteiger partial charge in [0.05, 0.1) is 37.7 Å². The van der Waals surface area contributed by atoms with E-state index in [1.54, 1.807) is 31.4 Å². The summed E-state index contributed by atoms with van der Waals surface area (Å²) in [5, 5.41) is 2.71. The molecule has 0 radical (unpaired) electrons. The Bertz CT molecular complexity index is 1300. The minimum atomic E-state index is -4.72. The molecule has 3 aromatic carbocycles. The second kappa shape index (κ2) is 11.3. The highest BCUT2D eigenvalue weighted by Crippen LogP contribution is 2.37. The summed E-state index contributed by atoms with van der Waals surface area (Å²) in [7, 11) is -2.49. The van der Waals surface area contributed by atoms with E-state index in [1.807, 2.05) is 0 Å². The minimum absolute atomic E-state index is 0.221. The molecule has 1 N–H and O–H groups in total. The monoisotopic (exact) mass is 522 g/mol. The van der Waals surface area contributed by atoms with Gasteiger partial charge < -0.3 is 14.8 Å². The van der Waals surface area contributed by atoms with E-state index in [2.05, 4.69) is 5.32 Å². The SMILES string of the molecule is COc1cccc(OCCNC(=O)c2ccc(CN(c3ccccc3C(F)(F)F)S(C)(=O)=O)cc2)c1. The Hall–Kier alpha value is -3.73. The topological polar surface area (TPSA) is 84.9 Å². The third-order valence-corrected chi connectivity index (χ3v) is 6.24. The zero-order chi connectivity index (χ0) is 26.3. The first-order valence-electron chi connectivity index (χ1n) is 10.8. The molecule has 0 saturated heterocycles. The lowest BCUT2D eigenvalue weighted by Crippen LogP contribution is -2.31. The van der Waals surface area contributed by atoms with Gasteiger partial charge in [-0.2, -0.15) is 13.2 Å². The van der Waals surface area contributed by atoms with Crippen molar-refractivity contribution in [3.05, 3.63) is 89.5 Å². The number of ether oxygens (including phenoxy) is 2. The molecule has 0 saturated carbocycles. The number of para-hydroxylation sites is 1. The first-order chi connectivity index (χ1) is 17.0.